The van der Waals surface area contributed by atoms with Gasteiger partial charge < -0.3 is 9.72 Å². The highest BCUT2D eigenvalue weighted by Crippen LogP contribution is 2.36. The molecular weight excluding hydrogens is 354 g/mol. The lowest BCUT2D eigenvalue weighted by Gasteiger charge is -2.16. The van der Waals surface area contributed by atoms with Crippen molar-refractivity contribution >= 4 is 34.0 Å². The van der Waals surface area contributed by atoms with Crippen LogP contribution in [-0.4, -0.2) is 28.2 Å². The molecule has 1 aliphatic heterocycles. The second-order valence-corrected chi connectivity index (χ2v) is 8.28. The third-order valence-corrected chi connectivity index (χ3v) is 6.42. The lowest BCUT2D eigenvalue weighted by molar-refractivity contribution is 0.0807. The predicted molar refractivity (Wildman–Crippen MR) is 110 cm³/mol. The summed E-state index contributed by atoms with van der Waals surface area (Å²) >= 11 is 1.71. The van der Waals surface area contributed by atoms with Crippen molar-refractivity contribution in [1.82, 2.24) is 15.0 Å². The van der Waals surface area contributed by atoms with Crippen LogP contribution < -0.4 is 0 Å². The standard InChI is InChI=1S/C22H21N3OS/c1-14-11-24-22-21(14)18-10-16(3-4-17(18)12-25-22)19-13-23-20(27-19)5-2-15-6-8-26-9-7-15/h10-13,15H,3-4,6-9H2,1H3,(H,24,25). The molecule has 0 saturated carbocycles. The second kappa shape index (κ2) is 6.95. The molecule has 0 atom stereocenters. The summed E-state index contributed by atoms with van der Waals surface area (Å²) in [6.07, 6.45) is 12.5. The van der Waals surface area contributed by atoms with Crippen molar-refractivity contribution in [3.8, 4) is 11.8 Å². The second-order valence-electron chi connectivity index (χ2n) is 7.25. The van der Waals surface area contributed by atoms with Crippen LogP contribution >= 0.6 is 11.3 Å². The highest BCUT2D eigenvalue weighted by atomic mass is 32.1. The number of pyridine rings is 1. The molecule has 27 heavy (non-hydrogen) atoms. The number of fused-ring (bicyclic) bond motifs is 3. The van der Waals surface area contributed by atoms with Gasteiger partial charge in [-0.25, -0.2) is 9.97 Å². The van der Waals surface area contributed by atoms with E-state index in [9.17, 15) is 0 Å². The Kier molecular flexibility index (Phi) is 4.31. The number of nitrogens with one attached hydrogen (secondary N) is 1. The smallest absolute Gasteiger partial charge is 0.167 e. The van der Waals surface area contributed by atoms with Crippen molar-refractivity contribution in [2.45, 2.75) is 32.6 Å². The third kappa shape index (κ3) is 3.20. The molecule has 5 rings (SSSR count). The molecule has 3 aromatic heterocycles. The van der Waals surface area contributed by atoms with Crippen LogP contribution in [0.25, 0.3) is 22.7 Å². The zero-order valence-electron chi connectivity index (χ0n) is 15.3. The van der Waals surface area contributed by atoms with Gasteiger partial charge in [0.25, 0.3) is 0 Å². The zero-order valence-corrected chi connectivity index (χ0v) is 16.2. The Labute approximate surface area is 162 Å². The average molecular weight is 375 g/mol. The van der Waals surface area contributed by atoms with Crippen molar-refractivity contribution in [3.63, 3.8) is 0 Å². The molecule has 1 aliphatic carbocycles. The van der Waals surface area contributed by atoms with Crippen LogP contribution in [-0.2, 0) is 11.2 Å². The molecule has 0 aromatic carbocycles. The van der Waals surface area contributed by atoms with Crippen LogP contribution in [0.1, 0.15) is 45.8 Å². The minimum atomic E-state index is 0.448. The van der Waals surface area contributed by atoms with Gasteiger partial charge in [-0.15, -0.1) is 11.3 Å². The molecule has 0 unspecified atom stereocenters. The molecule has 0 bridgehead atoms. The Bertz CT molecular complexity index is 1090. The topological polar surface area (TPSA) is 50.8 Å². The number of rotatable bonds is 1. The quantitative estimate of drug-likeness (QED) is 0.633. The van der Waals surface area contributed by atoms with Gasteiger partial charge >= 0.3 is 0 Å². The number of thiazole rings is 1. The average Bonchev–Trinajstić information content (AvgIpc) is 3.34. The van der Waals surface area contributed by atoms with Crippen molar-refractivity contribution in [2.24, 2.45) is 5.92 Å². The summed E-state index contributed by atoms with van der Waals surface area (Å²) < 4.78 is 5.40. The molecule has 4 nitrogen and oxygen atoms in total. The van der Waals surface area contributed by atoms with Crippen LogP contribution in [0.15, 0.2) is 18.6 Å². The number of nitrogens with zero attached hydrogens (tertiary/aromatic N) is 2. The van der Waals surface area contributed by atoms with E-state index in [2.05, 4.69) is 39.8 Å². The molecule has 5 heteroatoms. The summed E-state index contributed by atoms with van der Waals surface area (Å²) in [4.78, 5) is 13.6. The van der Waals surface area contributed by atoms with E-state index in [1.165, 1.54) is 32.5 Å². The van der Waals surface area contributed by atoms with Crippen LogP contribution in [0.5, 0.6) is 0 Å². The van der Waals surface area contributed by atoms with E-state index in [0.29, 0.717) is 5.92 Å². The van der Waals surface area contributed by atoms with Crippen LogP contribution in [0.3, 0.4) is 0 Å². The Balaban J connectivity index is 1.45. The fourth-order valence-electron chi connectivity index (χ4n) is 3.88. The van der Waals surface area contributed by atoms with Crippen molar-refractivity contribution < 1.29 is 4.74 Å². The molecule has 136 valence electrons. The fourth-order valence-corrected chi connectivity index (χ4v) is 4.70. The summed E-state index contributed by atoms with van der Waals surface area (Å²) in [6.45, 7) is 3.80. The molecule has 4 heterocycles. The van der Waals surface area contributed by atoms with Gasteiger partial charge in [0.1, 0.15) is 5.65 Å². The maximum absolute atomic E-state index is 5.40. The van der Waals surface area contributed by atoms with Gasteiger partial charge in [0, 0.05) is 43.1 Å². The lowest BCUT2D eigenvalue weighted by atomic mass is 9.90. The number of hydrogen-bond acceptors (Lipinski definition) is 4. The predicted octanol–water partition coefficient (Wildman–Crippen LogP) is 4.59. The summed E-state index contributed by atoms with van der Waals surface area (Å²) in [7, 11) is 0. The first-order chi connectivity index (χ1) is 13.3. The molecule has 0 radical (unpaired) electrons. The van der Waals surface area contributed by atoms with Crippen LogP contribution in [0, 0.1) is 24.7 Å². The van der Waals surface area contributed by atoms with Crippen molar-refractivity contribution in [1.29, 1.82) is 0 Å². The summed E-state index contributed by atoms with van der Waals surface area (Å²) in [5, 5.41) is 2.16. The Hall–Kier alpha value is -2.42. The first kappa shape index (κ1) is 16.7. The van der Waals surface area contributed by atoms with Gasteiger partial charge in [0.05, 0.1) is 4.88 Å². The first-order valence-electron chi connectivity index (χ1n) is 9.49. The highest BCUT2D eigenvalue weighted by molar-refractivity contribution is 7.13. The van der Waals surface area contributed by atoms with Gasteiger partial charge in [0.15, 0.2) is 5.01 Å². The summed E-state index contributed by atoms with van der Waals surface area (Å²) in [6, 6.07) is 0. The van der Waals surface area contributed by atoms with Gasteiger partial charge in [-0.05, 0) is 66.9 Å². The van der Waals surface area contributed by atoms with Gasteiger partial charge in [-0.3, -0.25) is 0 Å². The molecular formula is C22H21N3OS. The van der Waals surface area contributed by atoms with Gasteiger partial charge in [-0.1, -0.05) is 5.92 Å². The summed E-state index contributed by atoms with van der Waals surface area (Å²) in [5.74, 6) is 7.12. The van der Waals surface area contributed by atoms with Crippen LogP contribution in [0.4, 0.5) is 0 Å². The van der Waals surface area contributed by atoms with E-state index in [-0.39, 0.29) is 0 Å². The van der Waals surface area contributed by atoms with E-state index in [0.717, 1.165) is 49.6 Å². The number of aromatic amines is 1. The highest BCUT2D eigenvalue weighted by Gasteiger charge is 2.18. The number of allylic oxidation sites excluding steroid dienone is 1. The summed E-state index contributed by atoms with van der Waals surface area (Å²) in [5.41, 5.74) is 6.21. The number of ether oxygens (including phenoxy) is 1. The lowest BCUT2D eigenvalue weighted by Crippen LogP contribution is -2.13. The largest absolute Gasteiger partial charge is 0.381 e. The number of aromatic nitrogens is 3. The van der Waals surface area contributed by atoms with E-state index < -0.39 is 0 Å². The van der Waals surface area contributed by atoms with E-state index in [1.54, 1.807) is 11.3 Å². The first-order valence-corrected chi connectivity index (χ1v) is 10.3. The molecule has 3 aromatic rings. The van der Waals surface area contributed by atoms with Gasteiger partial charge in [-0.2, -0.15) is 0 Å². The number of hydrogen-bond donors (Lipinski definition) is 1. The minimum Gasteiger partial charge on any atom is -0.381 e. The number of aryl methyl sites for hydroxylation is 2. The SMILES string of the molecule is Cc1c[nH]c2ncc3c(c12)C=C(c1cnc(C#CC2CCOCC2)s1)CC3. The number of H-pyrrole nitrogens is 1. The molecule has 0 spiro atoms. The Morgan fingerprint density at radius 3 is 2.96 bits per heavy atom. The third-order valence-electron chi connectivity index (χ3n) is 5.43. The van der Waals surface area contributed by atoms with E-state index >= 15 is 0 Å². The maximum atomic E-state index is 5.40. The molecule has 0 amide bonds. The van der Waals surface area contributed by atoms with Crippen molar-refractivity contribution in [3.05, 3.63) is 45.2 Å². The van der Waals surface area contributed by atoms with Crippen LogP contribution in [0.2, 0.25) is 0 Å². The van der Waals surface area contributed by atoms with Crippen molar-refractivity contribution in [2.75, 3.05) is 13.2 Å². The minimum absolute atomic E-state index is 0.448. The molecule has 2 aliphatic rings. The molecule has 1 saturated heterocycles. The van der Waals surface area contributed by atoms with Gasteiger partial charge in [0.2, 0.25) is 0 Å². The normalized spacial score (nSPS) is 17.3. The Morgan fingerprint density at radius 2 is 2.07 bits per heavy atom. The Morgan fingerprint density at radius 1 is 1.19 bits per heavy atom. The van der Waals surface area contributed by atoms with E-state index in [1.807, 2.05) is 18.6 Å². The fraction of sp³-hybridized carbons (Fsp3) is 0.364. The maximum Gasteiger partial charge on any atom is 0.167 e. The van der Waals surface area contributed by atoms with E-state index in [4.69, 9.17) is 4.74 Å². The molecule has 1 N–H and O–H groups in total. The zero-order chi connectivity index (χ0) is 18.2. The monoisotopic (exact) mass is 375 g/mol. The molecule has 1 fully saturated rings.